The van der Waals surface area contributed by atoms with E-state index in [0.29, 0.717) is 18.7 Å². The number of benzene rings is 1. The third kappa shape index (κ3) is 3.16. The number of carbonyl (C=O) groups excluding carboxylic acids is 1. The molecule has 98 valence electrons. The first-order valence-corrected chi connectivity index (χ1v) is 5.73. The molecule has 1 amide bonds. The van der Waals surface area contributed by atoms with E-state index in [-0.39, 0.29) is 6.61 Å². The number of halogens is 2. The number of nitrogens with zero attached hydrogens (tertiary/aromatic N) is 1. The molecule has 0 unspecified atom stereocenters. The molecule has 1 aromatic rings. The molecular weight excluding hydrogens is 242 g/mol. The second kappa shape index (κ2) is 5.77. The highest BCUT2D eigenvalue weighted by Gasteiger charge is 2.17. The lowest BCUT2D eigenvalue weighted by Crippen LogP contribution is -2.46. The zero-order valence-electron chi connectivity index (χ0n) is 9.79. The highest BCUT2D eigenvalue weighted by Crippen LogP contribution is 2.10. The molecular formula is C12H14F2N2O2. The Labute approximate surface area is 104 Å². The SMILES string of the molecule is O=C(OCc1ccc(F)c(F)c1)N1CCNCC1. The minimum Gasteiger partial charge on any atom is -0.445 e. The van der Waals surface area contributed by atoms with Crippen LogP contribution in [0.2, 0.25) is 0 Å². The third-order valence-corrected chi connectivity index (χ3v) is 2.72. The van der Waals surface area contributed by atoms with E-state index in [2.05, 4.69) is 5.32 Å². The molecule has 0 atom stereocenters. The molecule has 1 N–H and O–H groups in total. The van der Waals surface area contributed by atoms with Gasteiger partial charge in [0.15, 0.2) is 11.6 Å². The summed E-state index contributed by atoms with van der Waals surface area (Å²) in [5.74, 6) is -1.85. The maximum absolute atomic E-state index is 12.9. The van der Waals surface area contributed by atoms with Crippen LogP contribution in [-0.2, 0) is 11.3 Å². The highest BCUT2D eigenvalue weighted by atomic mass is 19.2. The summed E-state index contributed by atoms with van der Waals surface area (Å²) >= 11 is 0. The van der Waals surface area contributed by atoms with Crippen LogP contribution in [0.4, 0.5) is 13.6 Å². The first-order valence-electron chi connectivity index (χ1n) is 5.73. The van der Waals surface area contributed by atoms with E-state index in [1.54, 1.807) is 4.90 Å². The van der Waals surface area contributed by atoms with E-state index in [1.807, 2.05) is 0 Å². The molecule has 0 bridgehead atoms. The van der Waals surface area contributed by atoms with Crippen molar-refractivity contribution in [1.29, 1.82) is 0 Å². The molecule has 1 aliphatic rings. The minimum absolute atomic E-state index is 0.0556. The van der Waals surface area contributed by atoms with Crippen molar-refractivity contribution in [2.45, 2.75) is 6.61 Å². The number of piperazine rings is 1. The largest absolute Gasteiger partial charge is 0.445 e. The molecule has 18 heavy (non-hydrogen) atoms. The quantitative estimate of drug-likeness (QED) is 0.872. The van der Waals surface area contributed by atoms with Crippen molar-refractivity contribution < 1.29 is 18.3 Å². The van der Waals surface area contributed by atoms with Gasteiger partial charge in [0.25, 0.3) is 0 Å². The zero-order chi connectivity index (χ0) is 13.0. The second-order valence-corrected chi connectivity index (χ2v) is 4.04. The van der Waals surface area contributed by atoms with Crippen LogP contribution in [0, 0.1) is 11.6 Å². The number of rotatable bonds is 2. The lowest BCUT2D eigenvalue weighted by molar-refractivity contribution is 0.0917. The van der Waals surface area contributed by atoms with E-state index < -0.39 is 17.7 Å². The Balaban J connectivity index is 1.86. The van der Waals surface area contributed by atoms with Crippen LogP contribution in [0.15, 0.2) is 18.2 Å². The fourth-order valence-electron chi connectivity index (χ4n) is 1.71. The summed E-state index contributed by atoms with van der Waals surface area (Å²) in [5.41, 5.74) is 0.428. The molecule has 4 nitrogen and oxygen atoms in total. The predicted molar refractivity (Wildman–Crippen MR) is 61.0 cm³/mol. The molecule has 0 aromatic heterocycles. The van der Waals surface area contributed by atoms with Crippen molar-refractivity contribution in [1.82, 2.24) is 10.2 Å². The summed E-state index contributed by atoms with van der Waals surface area (Å²) in [6.45, 7) is 2.60. The van der Waals surface area contributed by atoms with Gasteiger partial charge in [-0.25, -0.2) is 13.6 Å². The molecule has 0 spiro atoms. The van der Waals surface area contributed by atoms with Crippen LogP contribution in [0.5, 0.6) is 0 Å². The second-order valence-electron chi connectivity index (χ2n) is 4.04. The highest BCUT2D eigenvalue weighted by molar-refractivity contribution is 5.67. The fraction of sp³-hybridized carbons (Fsp3) is 0.417. The number of carbonyl (C=O) groups is 1. The number of hydrogen-bond donors (Lipinski definition) is 1. The monoisotopic (exact) mass is 256 g/mol. The van der Waals surface area contributed by atoms with E-state index >= 15 is 0 Å². The van der Waals surface area contributed by atoms with Crippen molar-refractivity contribution in [3.63, 3.8) is 0 Å². The van der Waals surface area contributed by atoms with Crippen molar-refractivity contribution >= 4 is 6.09 Å². The number of nitrogens with one attached hydrogen (secondary N) is 1. The average Bonchev–Trinajstić information content (AvgIpc) is 2.41. The Morgan fingerprint density at radius 1 is 1.28 bits per heavy atom. The zero-order valence-corrected chi connectivity index (χ0v) is 9.79. The van der Waals surface area contributed by atoms with Crippen molar-refractivity contribution in [3.8, 4) is 0 Å². The lowest BCUT2D eigenvalue weighted by atomic mass is 10.2. The van der Waals surface area contributed by atoms with Crippen LogP contribution in [0.3, 0.4) is 0 Å². The van der Waals surface area contributed by atoms with Crippen LogP contribution < -0.4 is 5.32 Å². The van der Waals surface area contributed by atoms with E-state index in [4.69, 9.17) is 4.74 Å². The van der Waals surface area contributed by atoms with E-state index in [9.17, 15) is 13.6 Å². The summed E-state index contributed by atoms with van der Waals surface area (Å²) in [7, 11) is 0. The molecule has 1 heterocycles. The summed E-state index contributed by atoms with van der Waals surface area (Å²) in [5, 5.41) is 3.12. The molecule has 6 heteroatoms. The Hall–Kier alpha value is -1.69. The molecule has 0 radical (unpaired) electrons. The van der Waals surface area contributed by atoms with Gasteiger partial charge in [0.05, 0.1) is 0 Å². The van der Waals surface area contributed by atoms with Gasteiger partial charge in [-0.15, -0.1) is 0 Å². The smallest absolute Gasteiger partial charge is 0.410 e. The molecule has 2 rings (SSSR count). The first kappa shape index (κ1) is 12.8. The summed E-state index contributed by atoms with van der Waals surface area (Å²) in [6.07, 6.45) is -0.429. The molecule has 1 aliphatic heterocycles. The lowest BCUT2D eigenvalue weighted by Gasteiger charge is -2.26. The molecule has 1 fully saturated rings. The van der Waals surface area contributed by atoms with E-state index in [0.717, 1.165) is 25.2 Å². The molecule has 0 saturated carbocycles. The predicted octanol–water partition coefficient (Wildman–Crippen LogP) is 1.51. The van der Waals surface area contributed by atoms with Gasteiger partial charge < -0.3 is 15.0 Å². The maximum atomic E-state index is 12.9. The summed E-state index contributed by atoms with van der Waals surface area (Å²) in [6, 6.07) is 3.44. The molecule has 0 aliphatic carbocycles. The Morgan fingerprint density at radius 3 is 2.67 bits per heavy atom. The Bertz CT molecular complexity index is 434. The van der Waals surface area contributed by atoms with Crippen LogP contribution >= 0.6 is 0 Å². The van der Waals surface area contributed by atoms with Gasteiger partial charge in [-0.1, -0.05) is 6.07 Å². The normalized spacial score (nSPS) is 15.6. The standard InChI is InChI=1S/C12H14F2N2O2/c13-10-2-1-9(7-11(10)14)8-18-12(17)16-5-3-15-4-6-16/h1-2,7,15H,3-6,8H2. The van der Waals surface area contributed by atoms with Gasteiger partial charge >= 0.3 is 6.09 Å². The van der Waals surface area contributed by atoms with Gasteiger partial charge in [0.1, 0.15) is 6.61 Å². The summed E-state index contributed by atoms with van der Waals surface area (Å²) in [4.78, 5) is 13.2. The third-order valence-electron chi connectivity index (χ3n) is 2.72. The van der Waals surface area contributed by atoms with Crippen LogP contribution in [-0.4, -0.2) is 37.2 Å². The van der Waals surface area contributed by atoms with Gasteiger partial charge in [-0.3, -0.25) is 0 Å². The average molecular weight is 256 g/mol. The molecule has 1 aromatic carbocycles. The number of amides is 1. The first-order chi connectivity index (χ1) is 8.66. The van der Waals surface area contributed by atoms with Crippen LogP contribution in [0.1, 0.15) is 5.56 Å². The van der Waals surface area contributed by atoms with Gasteiger partial charge in [0, 0.05) is 26.2 Å². The van der Waals surface area contributed by atoms with Crippen molar-refractivity contribution in [2.75, 3.05) is 26.2 Å². The number of hydrogen-bond acceptors (Lipinski definition) is 3. The maximum Gasteiger partial charge on any atom is 0.410 e. The molecule has 1 saturated heterocycles. The number of ether oxygens (including phenoxy) is 1. The van der Waals surface area contributed by atoms with Gasteiger partial charge in [-0.05, 0) is 17.7 Å². The van der Waals surface area contributed by atoms with Crippen molar-refractivity contribution in [3.05, 3.63) is 35.4 Å². The van der Waals surface area contributed by atoms with E-state index in [1.165, 1.54) is 6.07 Å². The minimum atomic E-state index is -0.939. The Kier molecular flexibility index (Phi) is 4.09. The fourth-order valence-corrected chi connectivity index (χ4v) is 1.71. The van der Waals surface area contributed by atoms with Crippen LogP contribution in [0.25, 0.3) is 0 Å². The summed E-state index contributed by atoms with van der Waals surface area (Å²) < 4.78 is 30.6. The van der Waals surface area contributed by atoms with Crippen molar-refractivity contribution in [2.24, 2.45) is 0 Å². The van der Waals surface area contributed by atoms with Gasteiger partial charge in [-0.2, -0.15) is 0 Å². The topological polar surface area (TPSA) is 41.6 Å². The Morgan fingerprint density at radius 2 is 2.00 bits per heavy atom. The van der Waals surface area contributed by atoms with Gasteiger partial charge in [0.2, 0.25) is 0 Å².